The summed E-state index contributed by atoms with van der Waals surface area (Å²) < 4.78 is 10.9. The molecule has 0 spiro atoms. The minimum absolute atomic E-state index is 0.106. The van der Waals surface area contributed by atoms with Gasteiger partial charge < -0.3 is 9.47 Å². The van der Waals surface area contributed by atoms with Crippen LogP contribution in [0.1, 0.15) is 12.5 Å². The quantitative estimate of drug-likeness (QED) is 0.473. The molecule has 1 N–H and O–H groups in total. The van der Waals surface area contributed by atoms with E-state index in [1.807, 2.05) is 85.8 Å². The van der Waals surface area contributed by atoms with Gasteiger partial charge in [-0.2, -0.15) is 5.10 Å². The molecule has 142 valence electrons. The SMILES string of the molecule is CCOc1ccc(/C=N/NC(=O)COc2ccc(-c3ccccc3)cc2)cc1. The Bertz CT molecular complexity index is 905. The Balaban J connectivity index is 1.45. The fraction of sp³-hybridized carbons (Fsp3) is 0.130. The molecule has 0 aliphatic heterocycles. The maximum absolute atomic E-state index is 11.9. The van der Waals surface area contributed by atoms with Gasteiger partial charge in [0.15, 0.2) is 6.61 Å². The number of ether oxygens (including phenoxy) is 2. The highest BCUT2D eigenvalue weighted by Crippen LogP contribution is 2.21. The van der Waals surface area contributed by atoms with Crippen molar-refractivity contribution in [2.24, 2.45) is 5.10 Å². The molecule has 0 atom stereocenters. The number of hydrogen-bond donors (Lipinski definition) is 1. The highest BCUT2D eigenvalue weighted by molar-refractivity contribution is 5.83. The molecule has 3 aromatic rings. The van der Waals surface area contributed by atoms with Gasteiger partial charge in [-0.1, -0.05) is 42.5 Å². The molecule has 3 rings (SSSR count). The molecule has 0 aliphatic carbocycles. The van der Waals surface area contributed by atoms with Crippen LogP contribution < -0.4 is 14.9 Å². The highest BCUT2D eigenvalue weighted by Gasteiger charge is 2.02. The van der Waals surface area contributed by atoms with Gasteiger partial charge in [0, 0.05) is 0 Å². The standard InChI is InChI=1S/C23H22N2O3/c1-2-27-21-12-8-18(9-13-21)16-24-25-23(26)17-28-22-14-10-20(11-15-22)19-6-4-3-5-7-19/h3-16H,2,17H2,1H3,(H,25,26)/b24-16+. The van der Waals surface area contributed by atoms with Gasteiger partial charge in [0.25, 0.3) is 5.91 Å². The van der Waals surface area contributed by atoms with E-state index in [2.05, 4.69) is 10.5 Å². The zero-order valence-electron chi connectivity index (χ0n) is 15.7. The average molecular weight is 374 g/mol. The lowest BCUT2D eigenvalue weighted by Gasteiger charge is -2.06. The van der Waals surface area contributed by atoms with E-state index < -0.39 is 0 Å². The van der Waals surface area contributed by atoms with E-state index in [4.69, 9.17) is 9.47 Å². The molecule has 1 amide bonds. The Labute approximate surface area is 164 Å². The molecule has 28 heavy (non-hydrogen) atoms. The lowest BCUT2D eigenvalue weighted by Crippen LogP contribution is -2.24. The molecule has 0 heterocycles. The Morgan fingerprint density at radius 1 is 0.857 bits per heavy atom. The number of nitrogens with zero attached hydrogens (tertiary/aromatic N) is 1. The second kappa shape index (κ2) is 9.92. The molecule has 3 aromatic carbocycles. The van der Waals surface area contributed by atoms with Gasteiger partial charge in [-0.25, -0.2) is 5.43 Å². The van der Waals surface area contributed by atoms with Crippen LogP contribution in [0.3, 0.4) is 0 Å². The van der Waals surface area contributed by atoms with Crippen LogP contribution in [0.15, 0.2) is 84.0 Å². The summed E-state index contributed by atoms with van der Waals surface area (Å²) in [5.74, 6) is 1.11. The zero-order chi connectivity index (χ0) is 19.6. The van der Waals surface area contributed by atoms with Crippen LogP contribution in [0.2, 0.25) is 0 Å². The van der Waals surface area contributed by atoms with Crippen LogP contribution in [0.25, 0.3) is 11.1 Å². The lowest BCUT2D eigenvalue weighted by molar-refractivity contribution is -0.123. The van der Waals surface area contributed by atoms with Gasteiger partial charge in [-0.15, -0.1) is 0 Å². The van der Waals surface area contributed by atoms with Crippen LogP contribution in [0.5, 0.6) is 11.5 Å². The van der Waals surface area contributed by atoms with Gasteiger partial charge >= 0.3 is 0 Å². The van der Waals surface area contributed by atoms with E-state index in [0.717, 1.165) is 22.4 Å². The molecular formula is C23H22N2O3. The first-order chi connectivity index (χ1) is 13.7. The largest absolute Gasteiger partial charge is 0.494 e. The smallest absolute Gasteiger partial charge is 0.277 e. The van der Waals surface area contributed by atoms with Crippen molar-refractivity contribution in [3.05, 3.63) is 84.4 Å². The minimum Gasteiger partial charge on any atom is -0.494 e. The van der Waals surface area contributed by atoms with Crippen molar-refractivity contribution in [3.63, 3.8) is 0 Å². The van der Waals surface area contributed by atoms with Crippen molar-refractivity contribution >= 4 is 12.1 Å². The molecule has 0 saturated heterocycles. The average Bonchev–Trinajstić information content (AvgIpc) is 2.75. The summed E-state index contributed by atoms with van der Waals surface area (Å²) in [6.07, 6.45) is 1.57. The predicted molar refractivity (Wildman–Crippen MR) is 111 cm³/mol. The van der Waals surface area contributed by atoms with E-state index in [9.17, 15) is 4.79 Å². The summed E-state index contributed by atoms with van der Waals surface area (Å²) in [5.41, 5.74) is 5.54. The van der Waals surface area contributed by atoms with E-state index in [1.54, 1.807) is 6.21 Å². The Morgan fingerprint density at radius 2 is 1.46 bits per heavy atom. The van der Waals surface area contributed by atoms with E-state index in [0.29, 0.717) is 12.4 Å². The summed E-state index contributed by atoms with van der Waals surface area (Å²) >= 11 is 0. The summed E-state index contributed by atoms with van der Waals surface area (Å²) in [6, 6.07) is 25.1. The molecule has 0 aromatic heterocycles. The van der Waals surface area contributed by atoms with Crippen LogP contribution in [0.4, 0.5) is 0 Å². The highest BCUT2D eigenvalue weighted by atomic mass is 16.5. The molecule has 5 heteroatoms. The minimum atomic E-state index is -0.325. The summed E-state index contributed by atoms with van der Waals surface area (Å²) in [6.45, 7) is 2.45. The monoisotopic (exact) mass is 374 g/mol. The van der Waals surface area contributed by atoms with Crippen molar-refractivity contribution in [2.75, 3.05) is 13.2 Å². The summed E-state index contributed by atoms with van der Waals surface area (Å²) in [4.78, 5) is 11.9. The molecule has 5 nitrogen and oxygen atoms in total. The maximum atomic E-state index is 11.9. The molecular weight excluding hydrogens is 352 g/mol. The molecule has 0 saturated carbocycles. The summed E-state index contributed by atoms with van der Waals surface area (Å²) in [7, 11) is 0. The molecule has 0 unspecified atom stereocenters. The van der Waals surface area contributed by atoms with Crippen molar-refractivity contribution in [2.45, 2.75) is 6.92 Å². The van der Waals surface area contributed by atoms with Gasteiger partial charge in [-0.3, -0.25) is 4.79 Å². The second-order valence-electron chi connectivity index (χ2n) is 5.97. The number of carbonyl (C=O) groups excluding carboxylic acids is 1. The van der Waals surface area contributed by atoms with Crippen molar-refractivity contribution < 1.29 is 14.3 Å². The third kappa shape index (κ3) is 5.71. The number of nitrogens with one attached hydrogen (secondary N) is 1. The van der Waals surface area contributed by atoms with E-state index in [-0.39, 0.29) is 12.5 Å². The number of hydrogen-bond acceptors (Lipinski definition) is 4. The first kappa shape index (κ1) is 19.2. The fourth-order valence-electron chi connectivity index (χ4n) is 2.55. The molecule has 0 fully saturated rings. The second-order valence-corrected chi connectivity index (χ2v) is 5.97. The number of amides is 1. The number of rotatable bonds is 8. The van der Waals surface area contributed by atoms with Gasteiger partial charge in [0.2, 0.25) is 0 Å². The number of hydrazone groups is 1. The van der Waals surface area contributed by atoms with Crippen LogP contribution in [0, 0.1) is 0 Å². The number of benzene rings is 3. The van der Waals surface area contributed by atoms with Crippen molar-refractivity contribution in [3.8, 4) is 22.6 Å². The lowest BCUT2D eigenvalue weighted by atomic mass is 10.1. The normalized spacial score (nSPS) is 10.6. The van der Waals surface area contributed by atoms with Crippen LogP contribution in [-0.4, -0.2) is 25.3 Å². The zero-order valence-corrected chi connectivity index (χ0v) is 15.7. The summed E-state index contributed by atoms with van der Waals surface area (Å²) in [5, 5.41) is 3.94. The van der Waals surface area contributed by atoms with Gasteiger partial charge in [-0.05, 0) is 60.0 Å². The Morgan fingerprint density at radius 3 is 2.14 bits per heavy atom. The maximum Gasteiger partial charge on any atom is 0.277 e. The Hall–Kier alpha value is -3.60. The first-order valence-corrected chi connectivity index (χ1v) is 9.07. The van der Waals surface area contributed by atoms with E-state index in [1.165, 1.54) is 0 Å². The van der Waals surface area contributed by atoms with E-state index >= 15 is 0 Å². The van der Waals surface area contributed by atoms with Crippen LogP contribution >= 0.6 is 0 Å². The molecule has 0 bridgehead atoms. The Kier molecular flexibility index (Phi) is 6.79. The van der Waals surface area contributed by atoms with Crippen molar-refractivity contribution in [1.29, 1.82) is 0 Å². The topological polar surface area (TPSA) is 59.9 Å². The molecule has 0 radical (unpaired) electrons. The van der Waals surface area contributed by atoms with Crippen LogP contribution in [-0.2, 0) is 4.79 Å². The van der Waals surface area contributed by atoms with Gasteiger partial charge in [0.1, 0.15) is 11.5 Å². The first-order valence-electron chi connectivity index (χ1n) is 9.07. The van der Waals surface area contributed by atoms with Gasteiger partial charge in [0.05, 0.1) is 12.8 Å². The fourth-order valence-corrected chi connectivity index (χ4v) is 2.55. The third-order valence-electron chi connectivity index (χ3n) is 3.93. The molecule has 0 aliphatic rings. The third-order valence-corrected chi connectivity index (χ3v) is 3.93. The number of carbonyl (C=O) groups is 1. The predicted octanol–water partition coefficient (Wildman–Crippen LogP) is 4.28. The van der Waals surface area contributed by atoms with Crippen molar-refractivity contribution in [1.82, 2.24) is 5.43 Å².